The summed E-state index contributed by atoms with van der Waals surface area (Å²) in [4.78, 5) is 22.9. The monoisotopic (exact) mass is 342 g/mol. The summed E-state index contributed by atoms with van der Waals surface area (Å²) in [7, 11) is 0. The summed E-state index contributed by atoms with van der Waals surface area (Å²) in [6.07, 6.45) is -0.717. The normalized spacial score (nSPS) is 12.3. The molecule has 1 rings (SSSR count). The van der Waals surface area contributed by atoms with Crippen LogP contribution >= 0.6 is 11.6 Å². The number of rotatable bonds is 7. The number of nitrogens with one attached hydrogen (secondary N) is 1. The van der Waals surface area contributed by atoms with E-state index in [2.05, 4.69) is 5.32 Å². The van der Waals surface area contributed by atoms with Gasteiger partial charge in [0.2, 0.25) is 0 Å². The minimum absolute atomic E-state index is 0.0807. The topological polar surface area (TPSA) is 87.7 Å². The number of alkyl halides is 1. The average molecular weight is 343 g/mol. The van der Waals surface area contributed by atoms with Crippen molar-refractivity contribution in [3.8, 4) is 5.75 Å². The van der Waals surface area contributed by atoms with Crippen molar-refractivity contribution in [2.45, 2.75) is 38.8 Å². The molecule has 0 saturated heterocycles. The van der Waals surface area contributed by atoms with Crippen LogP contribution in [0.2, 0.25) is 0 Å². The Morgan fingerprint density at radius 2 is 1.87 bits per heavy atom. The van der Waals surface area contributed by atoms with E-state index in [0.717, 1.165) is 0 Å². The Morgan fingerprint density at radius 1 is 1.26 bits per heavy atom. The van der Waals surface area contributed by atoms with Crippen LogP contribution < -0.4 is 15.2 Å². The molecule has 1 aromatic rings. The number of carbonyl (C=O) groups is 2. The molecule has 0 bridgehead atoms. The minimum Gasteiger partial charge on any atom is -0.548 e. The highest BCUT2D eigenvalue weighted by atomic mass is 35.5. The molecular weight excluding hydrogens is 322 g/mol. The van der Waals surface area contributed by atoms with Crippen LogP contribution in [0.15, 0.2) is 24.3 Å². The van der Waals surface area contributed by atoms with Crippen molar-refractivity contribution in [1.29, 1.82) is 0 Å². The number of ether oxygens (including phenoxy) is 2. The molecule has 0 heterocycles. The van der Waals surface area contributed by atoms with Crippen LogP contribution in [0.5, 0.6) is 5.75 Å². The Morgan fingerprint density at radius 3 is 2.35 bits per heavy atom. The molecule has 23 heavy (non-hydrogen) atoms. The number of amides is 1. The molecule has 1 unspecified atom stereocenters. The Hall–Kier alpha value is -1.95. The van der Waals surface area contributed by atoms with Crippen LogP contribution in [0.1, 0.15) is 26.3 Å². The predicted molar refractivity (Wildman–Crippen MR) is 84.5 cm³/mol. The third-order valence-electron chi connectivity index (χ3n) is 2.68. The van der Waals surface area contributed by atoms with Gasteiger partial charge in [0.25, 0.3) is 0 Å². The van der Waals surface area contributed by atoms with Gasteiger partial charge in [-0.1, -0.05) is 12.1 Å². The van der Waals surface area contributed by atoms with Gasteiger partial charge in [-0.25, -0.2) is 4.79 Å². The fraction of sp³-hybridized carbons (Fsp3) is 0.500. The van der Waals surface area contributed by atoms with E-state index in [0.29, 0.717) is 23.8 Å². The van der Waals surface area contributed by atoms with Crippen LogP contribution in [0.3, 0.4) is 0 Å². The van der Waals surface area contributed by atoms with Crippen molar-refractivity contribution in [1.82, 2.24) is 5.32 Å². The second-order valence-electron chi connectivity index (χ2n) is 5.90. The summed E-state index contributed by atoms with van der Waals surface area (Å²) >= 11 is 5.53. The van der Waals surface area contributed by atoms with E-state index >= 15 is 0 Å². The maximum atomic E-state index is 11.7. The summed E-state index contributed by atoms with van der Waals surface area (Å²) in [6, 6.07) is 5.68. The van der Waals surface area contributed by atoms with Crippen molar-refractivity contribution < 1.29 is 24.2 Å². The quantitative estimate of drug-likeness (QED) is 0.758. The lowest BCUT2D eigenvalue weighted by Gasteiger charge is -2.24. The SMILES string of the molecule is CC(C)(C)OC(=O)NC(Cc1ccc(OCCCl)cc1)C(=O)[O-]. The third kappa shape index (κ3) is 7.74. The summed E-state index contributed by atoms with van der Waals surface area (Å²) in [5.41, 5.74) is 0.00981. The molecule has 0 aliphatic carbocycles. The number of hydrogen-bond acceptors (Lipinski definition) is 5. The van der Waals surface area contributed by atoms with Crippen molar-refractivity contribution >= 4 is 23.7 Å². The van der Waals surface area contributed by atoms with Crippen LogP contribution in [0.4, 0.5) is 4.79 Å². The number of halogens is 1. The average Bonchev–Trinajstić information content (AvgIpc) is 2.43. The maximum absolute atomic E-state index is 11.7. The number of carbonyl (C=O) groups excluding carboxylic acids is 2. The van der Waals surface area contributed by atoms with E-state index in [-0.39, 0.29) is 6.42 Å². The zero-order chi connectivity index (χ0) is 17.5. The molecule has 1 atom stereocenters. The van der Waals surface area contributed by atoms with Gasteiger partial charge in [0.05, 0.1) is 17.9 Å². The van der Waals surface area contributed by atoms with Gasteiger partial charge in [-0.3, -0.25) is 0 Å². The Bertz CT molecular complexity index is 524. The molecule has 1 N–H and O–H groups in total. The second kappa shape index (κ2) is 8.62. The second-order valence-corrected chi connectivity index (χ2v) is 6.28. The first-order valence-electron chi connectivity index (χ1n) is 7.19. The summed E-state index contributed by atoms with van der Waals surface area (Å²) in [6.45, 7) is 5.48. The molecule has 0 spiro atoms. The standard InChI is InChI=1S/C16H22ClNO5/c1-16(2,3)23-15(21)18-13(14(19)20)10-11-4-6-12(7-5-11)22-9-8-17/h4-7,13H,8-10H2,1-3H3,(H,18,21)(H,19,20)/p-1. The van der Waals surface area contributed by atoms with E-state index < -0.39 is 23.7 Å². The van der Waals surface area contributed by atoms with Crippen LogP contribution in [0.25, 0.3) is 0 Å². The van der Waals surface area contributed by atoms with Crippen molar-refractivity contribution in [2.24, 2.45) is 0 Å². The molecule has 6 nitrogen and oxygen atoms in total. The fourth-order valence-electron chi connectivity index (χ4n) is 1.76. The first-order chi connectivity index (χ1) is 10.7. The number of alkyl carbamates (subject to hydrolysis) is 1. The molecule has 0 aromatic heterocycles. The Balaban J connectivity index is 2.65. The lowest BCUT2D eigenvalue weighted by molar-refractivity contribution is -0.308. The molecule has 0 radical (unpaired) electrons. The Kier molecular flexibility index (Phi) is 7.16. The van der Waals surface area contributed by atoms with Crippen molar-refractivity contribution in [2.75, 3.05) is 12.5 Å². The number of aliphatic carboxylic acids is 1. The molecule has 7 heteroatoms. The van der Waals surface area contributed by atoms with Crippen LogP contribution in [-0.2, 0) is 16.0 Å². The summed E-state index contributed by atoms with van der Waals surface area (Å²) < 4.78 is 10.4. The van der Waals surface area contributed by atoms with Gasteiger partial charge in [-0.15, -0.1) is 11.6 Å². The van der Waals surface area contributed by atoms with Crippen molar-refractivity contribution in [3.05, 3.63) is 29.8 Å². The molecule has 0 fully saturated rings. The number of carboxylic acids is 1. The van der Waals surface area contributed by atoms with Crippen molar-refractivity contribution in [3.63, 3.8) is 0 Å². The molecule has 0 aliphatic heterocycles. The van der Waals surface area contributed by atoms with Gasteiger partial charge in [-0.2, -0.15) is 0 Å². The lowest BCUT2D eigenvalue weighted by atomic mass is 10.1. The van der Waals surface area contributed by atoms with Gasteiger partial charge in [0.15, 0.2) is 0 Å². The zero-order valence-corrected chi connectivity index (χ0v) is 14.2. The molecule has 0 saturated carbocycles. The van der Waals surface area contributed by atoms with E-state index in [9.17, 15) is 14.7 Å². The van der Waals surface area contributed by atoms with Gasteiger partial charge >= 0.3 is 6.09 Å². The van der Waals surface area contributed by atoms with E-state index in [1.54, 1.807) is 45.0 Å². The molecule has 1 amide bonds. The first kappa shape index (κ1) is 19.1. The zero-order valence-electron chi connectivity index (χ0n) is 13.4. The maximum Gasteiger partial charge on any atom is 0.408 e. The number of carboxylic acid groups (broad SMARTS) is 1. The number of benzene rings is 1. The van der Waals surface area contributed by atoms with Crippen LogP contribution in [-0.4, -0.2) is 36.2 Å². The highest BCUT2D eigenvalue weighted by molar-refractivity contribution is 6.18. The smallest absolute Gasteiger partial charge is 0.408 e. The number of hydrogen-bond donors (Lipinski definition) is 1. The fourth-order valence-corrected chi connectivity index (χ4v) is 1.83. The third-order valence-corrected chi connectivity index (χ3v) is 2.84. The molecule has 0 aliphatic rings. The predicted octanol–water partition coefficient (Wildman–Crippen LogP) is 1.49. The van der Waals surface area contributed by atoms with Gasteiger partial charge in [0.1, 0.15) is 18.0 Å². The lowest BCUT2D eigenvalue weighted by Crippen LogP contribution is -2.50. The van der Waals surface area contributed by atoms with E-state index in [1.165, 1.54) is 0 Å². The Labute approximate surface area is 140 Å². The molecule has 128 valence electrons. The van der Waals surface area contributed by atoms with E-state index in [1.807, 2.05) is 0 Å². The minimum atomic E-state index is -1.38. The van der Waals surface area contributed by atoms with Gasteiger partial charge in [0, 0.05) is 0 Å². The van der Waals surface area contributed by atoms with Gasteiger partial charge < -0.3 is 24.7 Å². The molecule has 1 aromatic carbocycles. The first-order valence-corrected chi connectivity index (χ1v) is 7.73. The van der Waals surface area contributed by atoms with Crippen LogP contribution in [0, 0.1) is 0 Å². The van der Waals surface area contributed by atoms with E-state index in [4.69, 9.17) is 21.1 Å². The largest absolute Gasteiger partial charge is 0.548 e. The molecular formula is C16H21ClNO5-. The summed E-state index contributed by atoms with van der Waals surface area (Å²) in [5.74, 6) is -0.355. The highest BCUT2D eigenvalue weighted by Gasteiger charge is 2.20. The highest BCUT2D eigenvalue weighted by Crippen LogP contribution is 2.14. The van der Waals surface area contributed by atoms with Gasteiger partial charge in [-0.05, 0) is 44.9 Å². The summed E-state index contributed by atoms with van der Waals surface area (Å²) in [5, 5.41) is 13.5.